The molecule has 4 rings (SSSR count). The lowest BCUT2D eigenvalue weighted by Gasteiger charge is -2.32. The van der Waals surface area contributed by atoms with Gasteiger partial charge in [-0.05, 0) is 60.9 Å². The number of methoxy groups -OCH3 is 1. The van der Waals surface area contributed by atoms with Crippen molar-refractivity contribution in [1.82, 2.24) is 4.90 Å². The highest BCUT2D eigenvalue weighted by atomic mass is 35.5. The Hall–Kier alpha value is -3.29. The zero-order chi connectivity index (χ0) is 24.6. The van der Waals surface area contributed by atoms with E-state index in [1.54, 1.807) is 48.4 Å². The van der Waals surface area contributed by atoms with Crippen LogP contribution in [0, 0.1) is 0 Å². The topological polar surface area (TPSA) is 71.0 Å². The molecule has 0 radical (unpaired) electrons. The second kappa shape index (κ2) is 11.9. The van der Waals surface area contributed by atoms with E-state index in [1.165, 1.54) is 17.3 Å². The summed E-state index contributed by atoms with van der Waals surface area (Å²) in [5, 5.41) is 3.37. The number of carbonyl (C=O) groups excluding carboxylic acids is 2. The molecule has 0 spiro atoms. The number of nitrogens with one attached hydrogen (secondary N) is 1. The summed E-state index contributed by atoms with van der Waals surface area (Å²) in [5.74, 6) is 0.344. The molecule has 1 atom stereocenters. The number of amidine groups is 1. The van der Waals surface area contributed by atoms with Gasteiger partial charge < -0.3 is 10.1 Å². The van der Waals surface area contributed by atoms with Gasteiger partial charge in [-0.2, -0.15) is 0 Å². The number of anilines is 1. The summed E-state index contributed by atoms with van der Waals surface area (Å²) in [6, 6.07) is 24.4. The van der Waals surface area contributed by atoms with Gasteiger partial charge in [-0.3, -0.25) is 14.5 Å². The van der Waals surface area contributed by atoms with E-state index in [0.29, 0.717) is 33.9 Å². The van der Waals surface area contributed by atoms with Crippen LogP contribution in [-0.2, 0) is 16.0 Å². The molecule has 1 N–H and O–H groups in total. The first kappa shape index (κ1) is 24.8. The number of ether oxygens (including phenoxy) is 1. The molecule has 3 aromatic rings. The summed E-state index contributed by atoms with van der Waals surface area (Å²) >= 11 is 7.44. The van der Waals surface area contributed by atoms with Gasteiger partial charge in [0.2, 0.25) is 11.8 Å². The van der Waals surface area contributed by atoms with Crippen LogP contribution in [-0.4, -0.2) is 40.8 Å². The molecule has 3 aromatic carbocycles. The van der Waals surface area contributed by atoms with Crippen molar-refractivity contribution in [2.45, 2.75) is 24.5 Å². The number of hydrogen-bond acceptors (Lipinski definition) is 5. The summed E-state index contributed by atoms with van der Waals surface area (Å²) in [4.78, 5) is 32.6. The van der Waals surface area contributed by atoms with Crippen LogP contribution in [0.3, 0.4) is 0 Å². The van der Waals surface area contributed by atoms with Crippen LogP contribution < -0.4 is 10.1 Å². The largest absolute Gasteiger partial charge is 0.497 e. The lowest BCUT2D eigenvalue weighted by Crippen LogP contribution is -2.45. The standard InChI is InChI=1S/C27H26ClN3O3S/c1-34-23-14-12-21(13-15-23)29-26(33)24-18-25(32)31(16-6-9-19-7-3-2-4-8-19)27(35-24)30-22-11-5-10-20(28)17-22/h2-5,7-8,10-15,17,24H,6,9,16,18H2,1H3,(H,29,33). The first-order chi connectivity index (χ1) is 17.0. The Balaban J connectivity index is 1.50. The van der Waals surface area contributed by atoms with Gasteiger partial charge in [0.05, 0.1) is 12.8 Å². The molecule has 6 nitrogen and oxygen atoms in total. The Morgan fingerprint density at radius 2 is 1.89 bits per heavy atom. The predicted octanol–water partition coefficient (Wildman–Crippen LogP) is 5.94. The SMILES string of the molecule is COc1ccc(NC(=O)C2CC(=O)N(CCCc3ccccc3)C(=Nc3cccc(Cl)c3)S2)cc1. The molecule has 1 unspecified atom stereocenters. The molecule has 2 amide bonds. The van der Waals surface area contributed by atoms with Gasteiger partial charge in [0.15, 0.2) is 5.17 Å². The second-order valence-electron chi connectivity index (χ2n) is 8.04. The maximum absolute atomic E-state index is 13.2. The second-order valence-corrected chi connectivity index (χ2v) is 9.64. The summed E-state index contributed by atoms with van der Waals surface area (Å²) in [5.41, 5.74) is 2.49. The number of halogens is 1. The Kier molecular flexibility index (Phi) is 8.45. The van der Waals surface area contributed by atoms with Crippen LogP contribution in [0.1, 0.15) is 18.4 Å². The van der Waals surface area contributed by atoms with Crippen molar-refractivity contribution in [1.29, 1.82) is 0 Å². The smallest absolute Gasteiger partial charge is 0.238 e. The number of benzene rings is 3. The van der Waals surface area contributed by atoms with E-state index >= 15 is 0 Å². The fourth-order valence-electron chi connectivity index (χ4n) is 3.70. The molecule has 1 fully saturated rings. The number of rotatable bonds is 8. The van der Waals surface area contributed by atoms with E-state index in [4.69, 9.17) is 21.3 Å². The van der Waals surface area contributed by atoms with Gasteiger partial charge >= 0.3 is 0 Å². The van der Waals surface area contributed by atoms with E-state index in [0.717, 1.165) is 12.8 Å². The third kappa shape index (κ3) is 6.87. The normalized spacial score (nSPS) is 16.9. The monoisotopic (exact) mass is 507 g/mol. The predicted molar refractivity (Wildman–Crippen MR) is 143 cm³/mol. The number of amides is 2. The summed E-state index contributed by atoms with van der Waals surface area (Å²) in [6.45, 7) is 0.521. The first-order valence-electron chi connectivity index (χ1n) is 11.3. The van der Waals surface area contributed by atoms with Crippen molar-refractivity contribution in [3.05, 3.63) is 89.4 Å². The molecule has 1 heterocycles. The molecule has 8 heteroatoms. The molecule has 180 valence electrons. The van der Waals surface area contributed by atoms with E-state index in [9.17, 15) is 9.59 Å². The van der Waals surface area contributed by atoms with Gasteiger partial charge in [-0.25, -0.2) is 4.99 Å². The van der Waals surface area contributed by atoms with Crippen LogP contribution in [0.15, 0.2) is 83.9 Å². The molecular formula is C27H26ClN3O3S. The Bertz CT molecular complexity index is 1200. The minimum absolute atomic E-state index is 0.104. The maximum atomic E-state index is 13.2. The molecule has 0 saturated carbocycles. The van der Waals surface area contributed by atoms with Crippen molar-refractivity contribution in [2.24, 2.45) is 4.99 Å². The fraction of sp³-hybridized carbons (Fsp3) is 0.222. The summed E-state index contributed by atoms with van der Waals surface area (Å²) in [7, 11) is 1.59. The average Bonchev–Trinajstić information content (AvgIpc) is 2.86. The van der Waals surface area contributed by atoms with E-state index in [2.05, 4.69) is 17.4 Å². The van der Waals surface area contributed by atoms with Crippen molar-refractivity contribution in [3.8, 4) is 5.75 Å². The van der Waals surface area contributed by atoms with Gasteiger partial charge in [-0.15, -0.1) is 0 Å². The minimum Gasteiger partial charge on any atom is -0.497 e. The number of aryl methyl sites for hydroxylation is 1. The van der Waals surface area contributed by atoms with E-state index in [1.807, 2.05) is 30.3 Å². The number of aliphatic imine (C=N–C) groups is 1. The Morgan fingerprint density at radius 3 is 2.60 bits per heavy atom. The molecular weight excluding hydrogens is 482 g/mol. The maximum Gasteiger partial charge on any atom is 0.238 e. The van der Waals surface area contributed by atoms with Crippen LogP contribution >= 0.6 is 23.4 Å². The summed E-state index contributed by atoms with van der Waals surface area (Å²) in [6.07, 6.45) is 1.74. The van der Waals surface area contributed by atoms with E-state index < -0.39 is 5.25 Å². The van der Waals surface area contributed by atoms with Crippen molar-refractivity contribution in [3.63, 3.8) is 0 Å². The lowest BCUT2D eigenvalue weighted by atomic mass is 10.1. The van der Waals surface area contributed by atoms with Crippen LogP contribution in [0.2, 0.25) is 5.02 Å². The molecule has 1 aliphatic rings. The van der Waals surface area contributed by atoms with Crippen LogP contribution in [0.25, 0.3) is 0 Å². The number of hydrogen-bond donors (Lipinski definition) is 1. The molecule has 35 heavy (non-hydrogen) atoms. The molecule has 1 aliphatic heterocycles. The average molecular weight is 508 g/mol. The third-order valence-corrected chi connectivity index (χ3v) is 6.94. The molecule has 0 aliphatic carbocycles. The Labute approximate surface area is 214 Å². The number of thioether (sulfide) groups is 1. The van der Waals surface area contributed by atoms with Crippen LogP contribution in [0.5, 0.6) is 5.75 Å². The lowest BCUT2D eigenvalue weighted by molar-refractivity contribution is -0.129. The Morgan fingerprint density at radius 1 is 1.11 bits per heavy atom. The number of carbonyl (C=O) groups is 2. The third-order valence-electron chi connectivity index (χ3n) is 5.51. The van der Waals surface area contributed by atoms with Crippen molar-refractivity contribution < 1.29 is 14.3 Å². The van der Waals surface area contributed by atoms with Gasteiger partial charge in [-0.1, -0.05) is 59.8 Å². The van der Waals surface area contributed by atoms with Crippen molar-refractivity contribution in [2.75, 3.05) is 19.0 Å². The van der Waals surface area contributed by atoms with Gasteiger partial charge in [0.1, 0.15) is 11.0 Å². The highest BCUT2D eigenvalue weighted by molar-refractivity contribution is 8.15. The fourth-order valence-corrected chi connectivity index (χ4v) is 5.01. The highest BCUT2D eigenvalue weighted by Crippen LogP contribution is 2.31. The zero-order valence-electron chi connectivity index (χ0n) is 19.3. The molecule has 0 bridgehead atoms. The van der Waals surface area contributed by atoms with Gasteiger partial charge in [0, 0.05) is 23.7 Å². The van der Waals surface area contributed by atoms with E-state index in [-0.39, 0.29) is 18.2 Å². The van der Waals surface area contributed by atoms with Gasteiger partial charge in [0.25, 0.3) is 0 Å². The van der Waals surface area contributed by atoms with Crippen LogP contribution in [0.4, 0.5) is 11.4 Å². The quantitative estimate of drug-likeness (QED) is 0.409. The minimum atomic E-state index is -0.590. The zero-order valence-corrected chi connectivity index (χ0v) is 20.9. The first-order valence-corrected chi connectivity index (χ1v) is 12.6. The molecule has 1 saturated heterocycles. The van der Waals surface area contributed by atoms with Crippen molar-refractivity contribution >= 4 is 51.7 Å². The highest BCUT2D eigenvalue weighted by Gasteiger charge is 2.35. The summed E-state index contributed by atoms with van der Waals surface area (Å²) < 4.78 is 5.16. The molecule has 0 aromatic heterocycles. The number of nitrogens with zero attached hydrogens (tertiary/aromatic N) is 2.